The number of hydrogen-bond donors (Lipinski definition) is 1. The lowest BCUT2D eigenvalue weighted by Gasteiger charge is -2.53. The number of nitrogens with zero attached hydrogens (tertiary/aromatic N) is 2. The van der Waals surface area contributed by atoms with Gasteiger partial charge >= 0.3 is 0 Å². The fourth-order valence-electron chi connectivity index (χ4n) is 5.38. The molecule has 4 fully saturated rings. The minimum absolute atomic E-state index is 0.658. The highest BCUT2D eigenvalue weighted by Gasteiger charge is 2.49. The predicted octanol–water partition coefficient (Wildman–Crippen LogP) is 3.04. The van der Waals surface area contributed by atoms with E-state index in [1.165, 1.54) is 37.7 Å². The first-order chi connectivity index (χ1) is 9.74. The second kappa shape index (κ2) is 4.80. The van der Waals surface area contributed by atoms with E-state index in [-0.39, 0.29) is 0 Å². The van der Waals surface area contributed by atoms with Crippen molar-refractivity contribution in [3.05, 3.63) is 23.3 Å². The van der Waals surface area contributed by atoms with Crippen LogP contribution in [-0.4, -0.2) is 17.0 Å². The average Bonchev–Trinajstić information content (AvgIpc) is 2.40. The van der Waals surface area contributed by atoms with E-state index in [0.717, 1.165) is 41.7 Å². The molecule has 1 aromatic heterocycles. The molecule has 0 unspecified atom stereocenters. The third kappa shape index (κ3) is 1.98. The van der Waals surface area contributed by atoms with Crippen molar-refractivity contribution in [2.24, 2.45) is 23.7 Å². The van der Waals surface area contributed by atoms with Crippen molar-refractivity contribution in [3.8, 4) is 0 Å². The molecule has 3 heteroatoms. The van der Waals surface area contributed by atoms with Gasteiger partial charge < -0.3 is 5.32 Å². The van der Waals surface area contributed by atoms with Crippen molar-refractivity contribution in [1.82, 2.24) is 15.3 Å². The summed E-state index contributed by atoms with van der Waals surface area (Å²) in [4.78, 5) is 9.64. The minimum Gasteiger partial charge on any atom is -0.316 e. The van der Waals surface area contributed by atoms with Crippen LogP contribution in [0.2, 0.25) is 0 Å². The first kappa shape index (κ1) is 12.8. The molecule has 4 aliphatic carbocycles. The van der Waals surface area contributed by atoms with Gasteiger partial charge in [0.1, 0.15) is 5.82 Å². The SMILES string of the molecule is CNCc1cnc(C2C3CC4CC(C3)CC2C4)nc1C. The summed E-state index contributed by atoms with van der Waals surface area (Å²) in [6, 6.07) is 0. The van der Waals surface area contributed by atoms with Crippen LogP contribution in [0.4, 0.5) is 0 Å². The summed E-state index contributed by atoms with van der Waals surface area (Å²) in [6.07, 6.45) is 9.34. The minimum atomic E-state index is 0.658. The van der Waals surface area contributed by atoms with Gasteiger partial charge in [0.25, 0.3) is 0 Å². The Kier molecular flexibility index (Phi) is 3.06. The Labute approximate surface area is 121 Å². The van der Waals surface area contributed by atoms with E-state index in [0.29, 0.717) is 5.92 Å². The standard InChI is InChI=1S/C17H25N3/c1-10-15(8-18-2)9-19-17(20-10)16-13-4-11-3-12(6-13)7-14(16)5-11/h9,11-14,16,18H,3-8H2,1-2H3. The molecule has 0 amide bonds. The van der Waals surface area contributed by atoms with Gasteiger partial charge in [-0.2, -0.15) is 0 Å². The van der Waals surface area contributed by atoms with Gasteiger partial charge in [0.15, 0.2) is 0 Å². The second-order valence-electron chi connectivity index (χ2n) is 7.33. The van der Waals surface area contributed by atoms with Gasteiger partial charge in [-0.3, -0.25) is 0 Å². The van der Waals surface area contributed by atoms with E-state index in [4.69, 9.17) is 9.97 Å². The van der Waals surface area contributed by atoms with Gasteiger partial charge in [-0.15, -0.1) is 0 Å². The molecule has 108 valence electrons. The quantitative estimate of drug-likeness (QED) is 0.918. The summed E-state index contributed by atoms with van der Waals surface area (Å²) >= 11 is 0. The van der Waals surface area contributed by atoms with Crippen molar-refractivity contribution in [1.29, 1.82) is 0 Å². The summed E-state index contributed by atoms with van der Waals surface area (Å²) in [5, 5.41) is 3.20. The van der Waals surface area contributed by atoms with Crippen molar-refractivity contribution in [3.63, 3.8) is 0 Å². The van der Waals surface area contributed by atoms with Gasteiger partial charge in [-0.05, 0) is 69.7 Å². The summed E-state index contributed by atoms with van der Waals surface area (Å²) in [6.45, 7) is 3.00. The molecule has 3 nitrogen and oxygen atoms in total. The molecule has 0 radical (unpaired) electrons. The Balaban J connectivity index is 1.63. The van der Waals surface area contributed by atoms with E-state index in [1.807, 2.05) is 7.05 Å². The summed E-state index contributed by atoms with van der Waals surface area (Å²) in [7, 11) is 1.98. The Hall–Kier alpha value is -0.960. The van der Waals surface area contributed by atoms with Crippen molar-refractivity contribution in [2.75, 3.05) is 7.05 Å². The van der Waals surface area contributed by atoms with E-state index < -0.39 is 0 Å². The van der Waals surface area contributed by atoms with Gasteiger partial charge in [0.2, 0.25) is 0 Å². The smallest absolute Gasteiger partial charge is 0.132 e. The molecule has 4 saturated carbocycles. The molecule has 1 heterocycles. The lowest BCUT2D eigenvalue weighted by molar-refractivity contribution is -0.00572. The van der Waals surface area contributed by atoms with Gasteiger partial charge in [0, 0.05) is 29.9 Å². The third-order valence-corrected chi connectivity index (χ3v) is 5.99. The molecule has 0 spiro atoms. The lowest BCUT2D eigenvalue weighted by atomic mass is 9.51. The maximum Gasteiger partial charge on any atom is 0.132 e. The molecule has 0 saturated heterocycles. The summed E-state index contributed by atoms with van der Waals surface area (Å²) < 4.78 is 0. The molecule has 0 aromatic carbocycles. The molecule has 0 atom stereocenters. The second-order valence-corrected chi connectivity index (χ2v) is 7.33. The number of rotatable bonds is 3. The predicted molar refractivity (Wildman–Crippen MR) is 79.3 cm³/mol. The molecule has 4 bridgehead atoms. The van der Waals surface area contributed by atoms with Crippen molar-refractivity contribution in [2.45, 2.75) is 51.5 Å². The van der Waals surface area contributed by atoms with Gasteiger partial charge in [-0.25, -0.2) is 9.97 Å². The first-order valence-electron chi connectivity index (χ1n) is 8.21. The van der Waals surface area contributed by atoms with Crippen LogP contribution in [0.5, 0.6) is 0 Å². The number of aryl methyl sites for hydroxylation is 1. The molecule has 4 aliphatic rings. The van der Waals surface area contributed by atoms with Crippen LogP contribution in [0.1, 0.15) is 55.1 Å². The molecule has 5 rings (SSSR count). The molecule has 1 aromatic rings. The molecule has 20 heavy (non-hydrogen) atoms. The van der Waals surface area contributed by atoms with E-state index in [1.54, 1.807) is 0 Å². The Bertz CT molecular complexity index is 483. The number of nitrogens with one attached hydrogen (secondary N) is 1. The maximum absolute atomic E-state index is 4.89. The Morgan fingerprint density at radius 1 is 1.10 bits per heavy atom. The van der Waals surface area contributed by atoms with Gasteiger partial charge in [0.05, 0.1) is 0 Å². The zero-order chi connectivity index (χ0) is 13.7. The maximum atomic E-state index is 4.89. The Morgan fingerprint density at radius 2 is 1.75 bits per heavy atom. The van der Waals surface area contributed by atoms with Crippen LogP contribution in [0, 0.1) is 30.6 Å². The van der Waals surface area contributed by atoms with Crippen LogP contribution < -0.4 is 5.32 Å². The Morgan fingerprint density at radius 3 is 2.30 bits per heavy atom. The van der Waals surface area contributed by atoms with E-state index in [2.05, 4.69) is 18.4 Å². The zero-order valence-corrected chi connectivity index (χ0v) is 12.6. The summed E-state index contributed by atoms with van der Waals surface area (Å²) in [5.74, 6) is 5.61. The van der Waals surface area contributed by atoms with Crippen LogP contribution >= 0.6 is 0 Å². The van der Waals surface area contributed by atoms with Crippen molar-refractivity contribution >= 4 is 0 Å². The zero-order valence-electron chi connectivity index (χ0n) is 12.6. The highest BCUT2D eigenvalue weighted by atomic mass is 14.9. The first-order valence-corrected chi connectivity index (χ1v) is 8.21. The van der Waals surface area contributed by atoms with Crippen LogP contribution in [0.15, 0.2) is 6.20 Å². The van der Waals surface area contributed by atoms with Crippen molar-refractivity contribution < 1.29 is 0 Å². The van der Waals surface area contributed by atoms with Crippen LogP contribution in [0.25, 0.3) is 0 Å². The van der Waals surface area contributed by atoms with Crippen LogP contribution in [-0.2, 0) is 6.54 Å². The number of aromatic nitrogens is 2. The molecular weight excluding hydrogens is 246 g/mol. The van der Waals surface area contributed by atoms with E-state index in [9.17, 15) is 0 Å². The molecule has 0 aliphatic heterocycles. The third-order valence-electron chi connectivity index (χ3n) is 5.99. The van der Waals surface area contributed by atoms with E-state index >= 15 is 0 Å². The fraction of sp³-hybridized carbons (Fsp3) is 0.765. The highest BCUT2D eigenvalue weighted by molar-refractivity contribution is 5.19. The topological polar surface area (TPSA) is 37.8 Å². The number of hydrogen-bond acceptors (Lipinski definition) is 3. The average molecular weight is 271 g/mol. The monoisotopic (exact) mass is 271 g/mol. The largest absolute Gasteiger partial charge is 0.316 e. The normalized spacial score (nSPS) is 38.4. The molecular formula is C17H25N3. The summed E-state index contributed by atoms with van der Waals surface area (Å²) in [5.41, 5.74) is 2.40. The molecule has 1 N–H and O–H groups in total. The highest BCUT2D eigenvalue weighted by Crippen LogP contribution is 2.59. The van der Waals surface area contributed by atoms with Crippen LogP contribution in [0.3, 0.4) is 0 Å². The lowest BCUT2D eigenvalue weighted by Crippen LogP contribution is -2.44. The van der Waals surface area contributed by atoms with Gasteiger partial charge in [-0.1, -0.05) is 0 Å². The fourth-order valence-corrected chi connectivity index (χ4v) is 5.38.